The number of allylic oxidation sites excluding steroid dienone is 4. The van der Waals surface area contributed by atoms with E-state index in [0.717, 1.165) is 62.9 Å². The first-order chi connectivity index (χ1) is 17.4. The minimum atomic E-state index is -1.89. The number of aryl methyl sites for hydroxylation is 1. The summed E-state index contributed by atoms with van der Waals surface area (Å²) in [5.74, 6) is 2.16. The lowest BCUT2D eigenvalue weighted by molar-refractivity contribution is 0.0561. The van der Waals surface area contributed by atoms with Crippen molar-refractivity contribution in [3.8, 4) is 11.5 Å². The molecule has 1 aromatic rings. The van der Waals surface area contributed by atoms with Crippen molar-refractivity contribution in [3.63, 3.8) is 0 Å². The molecule has 38 heavy (non-hydrogen) atoms. The molecule has 2 aliphatic heterocycles. The van der Waals surface area contributed by atoms with Gasteiger partial charge in [-0.3, -0.25) is 0 Å². The highest BCUT2D eigenvalue weighted by molar-refractivity contribution is 6.74. The molecular formula is C34H56O3Si. The van der Waals surface area contributed by atoms with Crippen molar-refractivity contribution in [3.05, 3.63) is 46.1 Å². The van der Waals surface area contributed by atoms with Crippen LogP contribution in [0.4, 0.5) is 0 Å². The average molecular weight is 541 g/mol. The van der Waals surface area contributed by atoms with Crippen molar-refractivity contribution in [1.82, 2.24) is 0 Å². The van der Waals surface area contributed by atoms with E-state index in [2.05, 4.69) is 101 Å². The Labute approximate surface area is 235 Å². The number of benzene rings is 1. The van der Waals surface area contributed by atoms with Crippen LogP contribution < -0.4 is 9.16 Å². The molecule has 0 saturated carbocycles. The molecule has 2 heterocycles. The van der Waals surface area contributed by atoms with Gasteiger partial charge in [0.05, 0.1) is 11.7 Å². The Hall–Kier alpha value is -1.52. The molecule has 4 heteroatoms. The second-order valence-corrected chi connectivity index (χ2v) is 19.2. The number of hydrogen-bond acceptors (Lipinski definition) is 3. The van der Waals surface area contributed by atoms with Crippen LogP contribution in [0.15, 0.2) is 29.4 Å². The van der Waals surface area contributed by atoms with Gasteiger partial charge in [0, 0.05) is 0 Å². The molecule has 1 fully saturated rings. The van der Waals surface area contributed by atoms with Gasteiger partial charge < -0.3 is 13.9 Å². The maximum atomic E-state index is 6.75. The number of fused-ring (bicyclic) bond motifs is 1. The van der Waals surface area contributed by atoms with E-state index in [4.69, 9.17) is 13.9 Å². The number of epoxide rings is 1. The Kier molecular flexibility index (Phi) is 9.41. The maximum absolute atomic E-state index is 6.75. The Morgan fingerprint density at radius 2 is 1.63 bits per heavy atom. The minimum absolute atomic E-state index is 0.111. The smallest absolute Gasteiger partial charge is 0.250 e. The van der Waals surface area contributed by atoms with Crippen molar-refractivity contribution < 1.29 is 13.9 Å². The lowest BCUT2D eigenvalue weighted by atomic mass is 9.87. The molecular weight excluding hydrogens is 484 g/mol. The largest absolute Gasteiger partial charge is 0.543 e. The van der Waals surface area contributed by atoms with Gasteiger partial charge in [0.25, 0.3) is 0 Å². The van der Waals surface area contributed by atoms with E-state index in [0.29, 0.717) is 6.10 Å². The summed E-state index contributed by atoms with van der Waals surface area (Å²) in [6.07, 6.45) is 14.1. The molecule has 0 radical (unpaired) electrons. The summed E-state index contributed by atoms with van der Waals surface area (Å²) < 4.78 is 19.2. The molecule has 2 atom stereocenters. The minimum Gasteiger partial charge on any atom is -0.543 e. The molecule has 3 nitrogen and oxygen atoms in total. The molecule has 0 N–H and O–H groups in total. The zero-order chi connectivity index (χ0) is 28.5. The highest BCUT2D eigenvalue weighted by Gasteiger charge is 2.46. The summed E-state index contributed by atoms with van der Waals surface area (Å²) in [6.45, 7) is 27.2. The predicted molar refractivity (Wildman–Crippen MR) is 165 cm³/mol. The fourth-order valence-electron chi connectivity index (χ4n) is 5.13. The third-order valence-electron chi connectivity index (χ3n) is 9.48. The van der Waals surface area contributed by atoms with E-state index in [1.807, 2.05) is 0 Å². The molecule has 214 valence electrons. The van der Waals surface area contributed by atoms with E-state index < -0.39 is 8.32 Å². The maximum Gasteiger partial charge on any atom is 0.250 e. The average Bonchev–Trinajstić information content (AvgIpc) is 3.42. The molecule has 0 aromatic heterocycles. The van der Waals surface area contributed by atoms with Gasteiger partial charge in [-0.15, -0.1) is 0 Å². The van der Waals surface area contributed by atoms with Gasteiger partial charge in [-0.25, -0.2) is 0 Å². The van der Waals surface area contributed by atoms with Crippen molar-refractivity contribution in [2.75, 3.05) is 0 Å². The Balaban J connectivity index is 1.53. The fraction of sp³-hybridized carbons (Fsp3) is 0.706. The van der Waals surface area contributed by atoms with Gasteiger partial charge in [0.1, 0.15) is 17.1 Å². The van der Waals surface area contributed by atoms with E-state index >= 15 is 0 Å². The van der Waals surface area contributed by atoms with Crippen LogP contribution in [0.5, 0.6) is 11.5 Å². The Bertz CT molecular complexity index is 1060. The van der Waals surface area contributed by atoms with E-state index in [9.17, 15) is 0 Å². The first-order valence-electron chi connectivity index (χ1n) is 14.9. The quantitative estimate of drug-likeness (QED) is 0.159. The van der Waals surface area contributed by atoms with Crippen molar-refractivity contribution in [2.45, 2.75) is 156 Å². The molecule has 0 bridgehead atoms. The van der Waals surface area contributed by atoms with Crippen LogP contribution in [-0.4, -0.2) is 25.6 Å². The van der Waals surface area contributed by atoms with Gasteiger partial charge in [0.2, 0.25) is 8.32 Å². The summed E-state index contributed by atoms with van der Waals surface area (Å²) >= 11 is 0. The highest BCUT2D eigenvalue weighted by Crippen LogP contribution is 2.45. The van der Waals surface area contributed by atoms with Gasteiger partial charge in [-0.1, -0.05) is 44.1 Å². The number of hydrogen-bond donors (Lipinski definition) is 0. The molecule has 0 spiro atoms. The first-order valence-corrected chi connectivity index (χ1v) is 17.9. The molecule has 1 unspecified atom stereocenters. The highest BCUT2D eigenvalue weighted by atomic mass is 28.4. The summed E-state index contributed by atoms with van der Waals surface area (Å²) in [4.78, 5) is 0. The Morgan fingerprint density at radius 3 is 2.24 bits per heavy atom. The number of ether oxygens (including phenoxy) is 2. The summed E-state index contributed by atoms with van der Waals surface area (Å²) in [7, 11) is -1.89. The van der Waals surface area contributed by atoms with Gasteiger partial charge in [-0.05, 0) is 141 Å². The first kappa shape index (κ1) is 31.0. The number of rotatable bonds is 11. The topological polar surface area (TPSA) is 31.0 Å². The summed E-state index contributed by atoms with van der Waals surface area (Å²) in [5, 5.41) is 0.183. The van der Waals surface area contributed by atoms with Crippen LogP contribution in [0.3, 0.4) is 0 Å². The molecule has 1 saturated heterocycles. The predicted octanol–water partition coefficient (Wildman–Crippen LogP) is 10.2. The van der Waals surface area contributed by atoms with Crippen LogP contribution >= 0.6 is 0 Å². The SMILES string of the molecule is C/C(=C\CC[C@]1(C)CCc2cc(O[Si](C)(C)C(C)(C)C)c(C)c(C)c2O1)CC/C=C(\C)CCC1OC1(C)C. The van der Waals surface area contributed by atoms with Crippen LogP contribution in [0.25, 0.3) is 0 Å². The second kappa shape index (κ2) is 11.5. The molecule has 3 rings (SSSR count). The third-order valence-corrected chi connectivity index (χ3v) is 13.8. The zero-order valence-corrected chi connectivity index (χ0v) is 27.7. The van der Waals surface area contributed by atoms with Crippen molar-refractivity contribution in [1.29, 1.82) is 0 Å². The van der Waals surface area contributed by atoms with Crippen LogP contribution in [-0.2, 0) is 11.2 Å². The third kappa shape index (κ3) is 7.78. The summed E-state index contributed by atoms with van der Waals surface area (Å²) in [6, 6.07) is 2.27. The van der Waals surface area contributed by atoms with Gasteiger partial charge >= 0.3 is 0 Å². The second-order valence-electron chi connectivity index (χ2n) is 14.5. The zero-order valence-electron chi connectivity index (χ0n) is 26.7. The summed E-state index contributed by atoms with van der Waals surface area (Å²) in [5.41, 5.74) is 6.76. The van der Waals surface area contributed by atoms with Crippen LogP contribution in [0.1, 0.15) is 117 Å². The van der Waals surface area contributed by atoms with Crippen LogP contribution in [0.2, 0.25) is 18.1 Å². The molecule has 0 aliphatic carbocycles. The van der Waals surface area contributed by atoms with E-state index in [1.54, 1.807) is 0 Å². The lowest BCUT2D eigenvalue weighted by Crippen LogP contribution is -2.44. The van der Waals surface area contributed by atoms with Gasteiger partial charge in [0.15, 0.2) is 0 Å². The fourth-order valence-corrected chi connectivity index (χ4v) is 6.20. The standard InChI is InChI=1S/C34H56O3Si/c1-24(15-13-16-25(2)18-19-30-33(8,9)35-30)17-14-21-34(10)22-20-28-23-29(26(3)27(4)31(28)36-34)37-38(11,12)32(5,6)7/h16-17,23,30H,13-15,18-22H2,1-12H3/b24-17+,25-16+/t30?,34-/m1/s1. The molecule has 1 aromatic carbocycles. The van der Waals surface area contributed by atoms with Crippen molar-refractivity contribution >= 4 is 8.32 Å². The van der Waals surface area contributed by atoms with E-state index in [-0.39, 0.29) is 16.2 Å². The van der Waals surface area contributed by atoms with Gasteiger partial charge in [-0.2, -0.15) is 0 Å². The van der Waals surface area contributed by atoms with E-state index in [1.165, 1.54) is 27.8 Å². The normalized spacial score (nSPS) is 23.6. The van der Waals surface area contributed by atoms with Crippen LogP contribution in [0, 0.1) is 13.8 Å². The van der Waals surface area contributed by atoms with Crippen molar-refractivity contribution in [2.24, 2.45) is 0 Å². The lowest BCUT2D eigenvalue weighted by Gasteiger charge is -2.39. The molecule has 2 aliphatic rings. The Morgan fingerprint density at radius 1 is 1.03 bits per heavy atom. The molecule has 0 amide bonds. The monoisotopic (exact) mass is 540 g/mol.